The van der Waals surface area contributed by atoms with E-state index in [0.717, 1.165) is 77.0 Å². The Hall–Kier alpha value is -2.37. The molecule has 0 heterocycles. The Balaban J connectivity index is 4.26. The maximum atomic E-state index is 12.9. The first-order valence-corrected chi connectivity index (χ1v) is 34.0. The van der Waals surface area contributed by atoms with Gasteiger partial charge in [0.05, 0.1) is 0 Å². The summed E-state index contributed by atoms with van der Waals surface area (Å²) < 4.78 is 17.0. The molecule has 1 unspecified atom stereocenters. The summed E-state index contributed by atoms with van der Waals surface area (Å²) in [5, 5.41) is 0. The average molecular weight is 1070 g/mol. The Kier molecular flexibility index (Phi) is 63.1. The Morgan fingerprint density at radius 1 is 0.263 bits per heavy atom. The third kappa shape index (κ3) is 62.5. The molecule has 6 nitrogen and oxygen atoms in total. The number of allylic oxidation sites excluding steroid dienone is 6. The van der Waals surface area contributed by atoms with Crippen LogP contribution in [0.3, 0.4) is 0 Å². The molecule has 446 valence electrons. The van der Waals surface area contributed by atoms with Crippen LogP contribution < -0.4 is 0 Å². The van der Waals surface area contributed by atoms with E-state index >= 15 is 0 Å². The van der Waals surface area contributed by atoms with Crippen molar-refractivity contribution >= 4 is 17.9 Å². The zero-order valence-corrected chi connectivity index (χ0v) is 51.3. The van der Waals surface area contributed by atoms with Gasteiger partial charge in [-0.2, -0.15) is 0 Å². The van der Waals surface area contributed by atoms with Gasteiger partial charge in [-0.25, -0.2) is 0 Å². The zero-order valence-electron chi connectivity index (χ0n) is 51.3. The van der Waals surface area contributed by atoms with E-state index in [2.05, 4.69) is 57.2 Å². The molecule has 0 aliphatic heterocycles. The van der Waals surface area contributed by atoms with Gasteiger partial charge in [-0.05, 0) is 57.8 Å². The Morgan fingerprint density at radius 3 is 0.763 bits per heavy atom. The second-order valence-electron chi connectivity index (χ2n) is 23.1. The maximum Gasteiger partial charge on any atom is 0.306 e. The summed E-state index contributed by atoms with van der Waals surface area (Å²) in [5.74, 6) is -0.857. The van der Waals surface area contributed by atoms with Crippen LogP contribution in [0.5, 0.6) is 0 Å². The maximum absolute atomic E-state index is 12.9. The van der Waals surface area contributed by atoms with E-state index in [0.29, 0.717) is 19.3 Å². The molecule has 0 aromatic heterocycles. The average Bonchev–Trinajstić information content (AvgIpc) is 3.42. The molecule has 0 spiro atoms. The quantitative estimate of drug-likeness (QED) is 0.0261. The summed E-state index contributed by atoms with van der Waals surface area (Å²) in [6.45, 7) is 6.67. The Morgan fingerprint density at radius 2 is 0.474 bits per heavy atom. The van der Waals surface area contributed by atoms with Crippen LogP contribution in [0.15, 0.2) is 36.5 Å². The molecule has 0 N–H and O–H groups in total. The van der Waals surface area contributed by atoms with Crippen molar-refractivity contribution in [3.63, 3.8) is 0 Å². The highest BCUT2D eigenvalue weighted by atomic mass is 16.6. The van der Waals surface area contributed by atoms with Crippen LogP contribution in [-0.2, 0) is 28.6 Å². The third-order valence-corrected chi connectivity index (χ3v) is 15.4. The molecular weight excluding hydrogens is 937 g/mol. The topological polar surface area (TPSA) is 78.9 Å². The van der Waals surface area contributed by atoms with Crippen LogP contribution >= 0.6 is 0 Å². The Bertz CT molecular complexity index is 1270. The normalized spacial score (nSPS) is 12.2. The zero-order chi connectivity index (χ0) is 55.0. The molecule has 6 heteroatoms. The summed E-state index contributed by atoms with van der Waals surface area (Å²) in [4.78, 5) is 38.4. The lowest BCUT2D eigenvalue weighted by Crippen LogP contribution is -2.30. The number of rotatable bonds is 63. The molecule has 0 bridgehead atoms. The fourth-order valence-electron chi connectivity index (χ4n) is 10.3. The van der Waals surface area contributed by atoms with Gasteiger partial charge in [-0.1, -0.05) is 333 Å². The van der Waals surface area contributed by atoms with Crippen molar-refractivity contribution in [1.29, 1.82) is 0 Å². The first-order valence-electron chi connectivity index (χ1n) is 34.0. The van der Waals surface area contributed by atoms with Gasteiger partial charge >= 0.3 is 17.9 Å². The highest BCUT2D eigenvalue weighted by Crippen LogP contribution is 2.18. The molecule has 0 radical (unpaired) electrons. The predicted molar refractivity (Wildman–Crippen MR) is 330 cm³/mol. The van der Waals surface area contributed by atoms with Crippen molar-refractivity contribution in [1.82, 2.24) is 0 Å². The molecule has 76 heavy (non-hydrogen) atoms. The van der Waals surface area contributed by atoms with Crippen LogP contribution in [0.1, 0.15) is 374 Å². The number of hydrogen-bond donors (Lipinski definition) is 0. The van der Waals surface area contributed by atoms with Gasteiger partial charge in [-0.15, -0.1) is 0 Å². The highest BCUT2D eigenvalue weighted by molar-refractivity contribution is 5.71. The number of esters is 3. The fourth-order valence-corrected chi connectivity index (χ4v) is 10.3. The van der Waals surface area contributed by atoms with Gasteiger partial charge in [-0.3, -0.25) is 14.4 Å². The van der Waals surface area contributed by atoms with Crippen LogP contribution in [0.2, 0.25) is 0 Å². The van der Waals surface area contributed by atoms with Crippen LogP contribution in [0.25, 0.3) is 0 Å². The first kappa shape index (κ1) is 73.6. The predicted octanol–water partition coefficient (Wildman–Crippen LogP) is 23.2. The van der Waals surface area contributed by atoms with E-state index in [1.54, 1.807) is 0 Å². The summed E-state index contributed by atoms with van der Waals surface area (Å²) in [6.07, 6.45) is 80.2. The lowest BCUT2D eigenvalue weighted by molar-refractivity contribution is -0.167. The number of hydrogen-bond acceptors (Lipinski definition) is 6. The molecule has 0 aromatic rings. The molecule has 0 saturated heterocycles. The number of carbonyl (C=O) groups excluding carboxylic acids is 3. The minimum absolute atomic E-state index is 0.0720. The summed E-state index contributed by atoms with van der Waals surface area (Å²) in [5.41, 5.74) is 0. The monoisotopic (exact) mass is 1070 g/mol. The largest absolute Gasteiger partial charge is 0.462 e. The molecule has 0 amide bonds. The minimum Gasteiger partial charge on any atom is -0.462 e. The van der Waals surface area contributed by atoms with Gasteiger partial charge in [0.2, 0.25) is 0 Å². The van der Waals surface area contributed by atoms with E-state index in [1.165, 1.54) is 257 Å². The third-order valence-electron chi connectivity index (χ3n) is 15.4. The molecule has 0 saturated carbocycles. The molecule has 0 aliphatic rings. The smallest absolute Gasteiger partial charge is 0.306 e. The second-order valence-corrected chi connectivity index (χ2v) is 23.1. The first-order chi connectivity index (χ1) is 37.5. The van der Waals surface area contributed by atoms with E-state index in [9.17, 15) is 14.4 Å². The van der Waals surface area contributed by atoms with Crippen molar-refractivity contribution in [3.8, 4) is 0 Å². The van der Waals surface area contributed by atoms with E-state index in [1.807, 2.05) is 0 Å². The van der Waals surface area contributed by atoms with Crippen LogP contribution in [0.4, 0.5) is 0 Å². The van der Waals surface area contributed by atoms with Crippen molar-refractivity contribution in [3.05, 3.63) is 36.5 Å². The van der Waals surface area contributed by atoms with E-state index < -0.39 is 6.10 Å². The van der Waals surface area contributed by atoms with Crippen molar-refractivity contribution in [2.45, 2.75) is 380 Å². The van der Waals surface area contributed by atoms with Crippen molar-refractivity contribution in [2.75, 3.05) is 13.2 Å². The fraction of sp³-hybridized carbons (Fsp3) is 0.871. The second kappa shape index (κ2) is 65.2. The molecule has 0 aromatic carbocycles. The molecule has 0 aliphatic carbocycles. The highest BCUT2D eigenvalue weighted by Gasteiger charge is 2.19. The molecule has 0 fully saturated rings. The summed E-state index contributed by atoms with van der Waals surface area (Å²) in [6, 6.07) is 0. The molecule has 0 rings (SSSR count). The number of ether oxygens (including phenoxy) is 3. The lowest BCUT2D eigenvalue weighted by atomic mass is 10.0. The molecular formula is C70H130O6. The van der Waals surface area contributed by atoms with Gasteiger partial charge in [0.15, 0.2) is 6.10 Å². The van der Waals surface area contributed by atoms with E-state index in [-0.39, 0.29) is 31.1 Å². The van der Waals surface area contributed by atoms with Crippen molar-refractivity contribution < 1.29 is 28.6 Å². The molecule has 1 atom stereocenters. The van der Waals surface area contributed by atoms with Gasteiger partial charge in [0, 0.05) is 19.3 Å². The SMILES string of the molecule is CCCCC/C=C\C/C=C\C/C=C\CCCCCCCCC(=O)OC(COC(=O)CCCCCCCCCCCCCCCC)COC(=O)CCCCCCCCCCCCCCCCCCCCCCCCCCC. The van der Waals surface area contributed by atoms with Crippen LogP contribution in [0, 0.1) is 0 Å². The number of unbranched alkanes of at least 4 members (excludes halogenated alkanes) is 46. The van der Waals surface area contributed by atoms with E-state index in [4.69, 9.17) is 14.2 Å². The van der Waals surface area contributed by atoms with Gasteiger partial charge in [0.25, 0.3) is 0 Å². The number of carbonyl (C=O) groups is 3. The van der Waals surface area contributed by atoms with Crippen molar-refractivity contribution in [2.24, 2.45) is 0 Å². The summed E-state index contributed by atoms with van der Waals surface area (Å²) >= 11 is 0. The van der Waals surface area contributed by atoms with Gasteiger partial charge < -0.3 is 14.2 Å². The standard InChI is InChI=1S/C70H130O6/c1-4-7-10-13-16-19-22-25-28-30-32-33-34-35-36-37-39-40-42-45-48-51-54-57-60-63-69(72)75-66-67(65-74-68(71)62-59-56-53-50-47-44-27-24-21-18-15-12-9-6-3)76-70(73)64-61-58-55-52-49-46-43-41-38-31-29-26-23-20-17-14-11-8-5-2/h17,20,26,29,38,41,67H,4-16,18-19,21-25,27-28,30-37,39-40,42-66H2,1-3H3/b20-17-,29-26-,41-38-. The lowest BCUT2D eigenvalue weighted by Gasteiger charge is -2.18. The van der Waals surface area contributed by atoms with Gasteiger partial charge in [0.1, 0.15) is 13.2 Å². The Labute approximate surface area is 474 Å². The minimum atomic E-state index is -0.776. The summed E-state index contributed by atoms with van der Waals surface area (Å²) in [7, 11) is 0. The van der Waals surface area contributed by atoms with Crippen LogP contribution in [-0.4, -0.2) is 37.2 Å².